The molecule has 1 aliphatic heterocycles. The lowest BCUT2D eigenvalue weighted by molar-refractivity contribution is -0.139. The Kier molecular flexibility index (Phi) is 16.1. The summed E-state index contributed by atoms with van der Waals surface area (Å²) in [6, 6.07) is 8.96. The van der Waals surface area contributed by atoms with E-state index in [0.717, 1.165) is 37.2 Å². The van der Waals surface area contributed by atoms with E-state index < -0.39 is 11.9 Å². The molecule has 1 aromatic carbocycles. The number of likely N-dealkylation sites (N-methyl/N-ethyl adjacent to an activating group) is 2. The molecule has 0 aromatic heterocycles. The minimum Gasteiger partial charge on any atom is -0.345 e. The van der Waals surface area contributed by atoms with Crippen molar-refractivity contribution in [1.29, 1.82) is 0 Å². The summed E-state index contributed by atoms with van der Waals surface area (Å²) in [5.74, 6) is 0.659. The molecule has 0 bridgehead atoms. The molecule has 9 heteroatoms. The van der Waals surface area contributed by atoms with Crippen LogP contribution in [0.3, 0.4) is 0 Å². The quantitative estimate of drug-likeness (QED) is 0.196. The predicted molar refractivity (Wildman–Crippen MR) is 167 cm³/mol. The van der Waals surface area contributed by atoms with Gasteiger partial charge in [-0.2, -0.15) is 0 Å². The van der Waals surface area contributed by atoms with Crippen molar-refractivity contribution in [3.63, 3.8) is 0 Å². The first-order chi connectivity index (χ1) is 19.8. The number of ketones is 1. The number of likely N-dealkylation sites (tertiary alicyclic amines) is 1. The van der Waals surface area contributed by atoms with Crippen molar-refractivity contribution in [2.24, 2.45) is 23.2 Å². The number of nitrogens with one attached hydrogen (secondary N) is 3. The van der Waals surface area contributed by atoms with E-state index in [-0.39, 0.29) is 29.2 Å². The Labute approximate surface area is 252 Å². The molecule has 4 atom stereocenters. The molecular weight excluding hydrogens is 532 g/mol. The number of hydrogen-bond acceptors (Lipinski definition) is 7. The molecule has 1 saturated heterocycles. The first-order valence-electron chi connectivity index (χ1n) is 14.9. The Morgan fingerprint density at radius 1 is 1.07 bits per heavy atom. The van der Waals surface area contributed by atoms with Crippen molar-refractivity contribution in [2.75, 3.05) is 20.6 Å². The fraction of sp³-hybridized carbons (Fsp3) is 0.606. The van der Waals surface area contributed by atoms with Crippen molar-refractivity contribution in [3.05, 3.63) is 48.6 Å². The molecule has 2 amide bonds. The molecule has 3 unspecified atom stereocenters. The van der Waals surface area contributed by atoms with Gasteiger partial charge in [0.05, 0.1) is 18.1 Å². The lowest BCUT2D eigenvalue weighted by atomic mass is 9.88. The summed E-state index contributed by atoms with van der Waals surface area (Å²) in [6.07, 6.45) is 7.29. The molecule has 9 nitrogen and oxygen atoms in total. The van der Waals surface area contributed by atoms with Crippen LogP contribution in [0, 0.1) is 23.2 Å². The van der Waals surface area contributed by atoms with E-state index in [1.807, 2.05) is 58.2 Å². The largest absolute Gasteiger partial charge is 0.345 e. The molecule has 1 heterocycles. The zero-order valence-corrected chi connectivity index (χ0v) is 26.5. The standard InChI is InChI=1S/C15H20N2O2.C9H15NO2.C9H17NO/c1-16-13(9-11-7-8-11)14(18)15(19)17-10-12-5-3-2-4-6-12;1-5-8(12)10-7(6-11)9(2,3)4;1-7(2)8-4-5-10(3)9(8)6-11/h2-6,11,13,16H,7-10H2,1H3,(H,17,19);5-7H,1H2,2-4H3,(H,10,12);6-9H,4-5H2,1-3H3/t;7-;/m.1./s1. The number of benzene rings is 1. The van der Waals surface area contributed by atoms with Crippen LogP contribution < -0.4 is 16.0 Å². The van der Waals surface area contributed by atoms with Gasteiger partial charge in [-0.1, -0.05) is 84.4 Å². The molecule has 1 aromatic rings. The van der Waals surface area contributed by atoms with E-state index in [0.29, 0.717) is 24.3 Å². The molecule has 3 rings (SSSR count). The average Bonchev–Trinajstić information content (AvgIpc) is 3.71. The SMILES string of the molecule is C=CC(=O)N[C@H](C=O)C(C)(C)C.CC(C)C1CCN(C)C1C=O.CNC(CC1CC1)C(=O)C(=O)NCc1ccccc1. The van der Waals surface area contributed by atoms with Gasteiger partial charge in [0.1, 0.15) is 12.6 Å². The van der Waals surface area contributed by atoms with Gasteiger partial charge in [0.2, 0.25) is 11.7 Å². The molecule has 234 valence electrons. The summed E-state index contributed by atoms with van der Waals surface area (Å²) in [5.41, 5.74) is 0.743. The van der Waals surface area contributed by atoms with E-state index >= 15 is 0 Å². The van der Waals surface area contributed by atoms with Crippen molar-refractivity contribution < 1.29 is 24.0 Å². The van der Waals surface area contributed by atoms with E-state index in [4.69, 9.17) is 0 Å². The number of aldehydes is 2. The summed E-state index contributed by atoms with van der Waals surface area (Å²) < 4.78 is 0. The first-order valence-corrected chi connectivity index (χ1v) is 14.9. The van der Waals surface area contributed by atoms with Crippen LogP contribution in [-0.2, 0) is 30.5 Å². The van der Waals surface area contributed by atoms with Gasteiger partial charge in [-0.05, 0) is 68.3 Å². The van der Waals surface area contributed by atoms with Crippen molar-refractivity contribution >= 4 is 30.2 Å². The topological polar surface area (TPSA) is 125 Å². The minimum absolute atomic E-state index is 0.176. The van der Waals surface area contributed by atoms with Gasteiger partial charge < -0.3 is 25.5 Å². The number of rotatable bonds is 12. The number of carbonyl (C=O) groups is 5. The predicted octanol–water partition coefficient (Wildman–Crippen LogP) is 3.32. The summed E-state index contributed by atoms with van der Waals surface area (Å²) in [5, 5.41) is 8.15. The fourth-order valence-electron chi connectivity index (χ4n) is 4.67. The smallest absolute Gasteiger partial charge is 0.289 e. The lowest BCUT2D eigenvalue weighted by Gasteiger charge is -2.26. The van der Waals surface area contributed by atoms with Crippen LogP contribution in [0.5, 0.6) is 0 Å². The van der Waals surface area contributed by atoms with Gasteiger partial charge in [0.25, 0.3) is 5.91 Å². The van der Waals surface area contributed by atoms with E-state index in [1.165, 1.54) is 19.3 Å². The molecule has 0 spiro atoms. The summed E-state index contributed by atoms with van der Waals surface area (Å²) in [6.45, 7) is 14.8. The average molecular weight is 585 g/mol. The van der Waals surface area contributed by atoms with Crippen molar-refractivity contribution in [2.45, 2.75) is 85.0 Å². The Morgan fingerprint density at radius 2 is 1.69 bits per heavy atom. The lowest BCUT2D eigenvalue weighted by Crippen LogP contribution is -2.44. The van der Waals surface area contributed by atoms with Gasteiger partial charge in [-0.3, -0.25) is 19.3 Å². The second kappa shape index (κ2) is 18.4. The second-order valence-electron chi connectivity index (χ2n) is 12.5. The third kappa shape index (κ3) is 13.2. The highest BCUT2D eigenvalue weighted by Crippen LogP contribution is 2.33. The Morgan fingerprint density at radius 3 is 2.12 bits per heavy atom. The maximum Gasteiger partial charge on any atom is 0.289 e. The normalized spacial score (nSPS) is 19.6. The van der Waals surface area contributed by atoms with Gasteiger partial charge in [-0.25, -0.2) is 0 Å². The number of nitrogens with zero attached hydrogens (tertiary/aromatic N) is 1. The molecule has 1 saturated carbocycles. The highest BCUT2D eigenvalue weighted by atomic mass is 16.2. The van der Waals surface area contributed by atoms with Gasteiger partial charge >= 0.3 is 0 Å². The molecule has 3 N–H and O–H groups in total. The highest BCUT2D eigenvalue weighted by molar-refractivity contribution is 6.38. The maximum absolute atomic E-state index is 12.0. The maximum atomic E-state index is 12.0. The highest BCUT2D eigenvalue weighted by Gasteiger charge is 2.33. The Bertz CT molecular complexity index is 1020. The van der Waals surface area contributed by atoms with Crippen LogP contribution in [-0.4, -0.2) is 73.8 Å². The monoisotopic (exact) mass is 584 g/mol. The number of carbonyl (C=O) groups excluding carboxylic acids is 5. The zero-order valence-electron chi connectivity index (χ0n) is 26.5. The van der Waals surface area contributed by atoms with E-state index in [1.54, 1.807) is 7.05 Å². The fourth-order valence-corrected chi connectivity index (χ4v) is 4.67. The molecule has 42 heavy (non-hydrogen) atoms. The minimum atomic E-state index is -0.496. The molecular formula is C33H52N4O5. The first kappa shape index (κ1) is 36.9. The van der Waals surface area contributed by atoms with Crippen molar-refractivity contribution in [3.8, 4) is 0 Å². The van der Waals surface area contributed by atoms with Crippen LogP contribution in [0.4, 0.5) is 0 Å². The zero-order chi connectivity index (χ0) is 31.9. The molecule has 2 aliphatic rings. The number of Topliss-reactive ketones (excluding diaryl/α,β-unsaturated/α-hetero) is 1. The summed E-state index contributed by atoms with van der Waals surface area (Å²) >= 11 is 0. The van der Waals surface area contributed by atoms with E-state index in [2.05, 4.69) is 41.3 Å². The molecule has 0 radical (unpaired) electrons. The Balaban J connectivity index is 0.000000334. The number of hydrogen-bond donors (Lipinski definition) is 3. The van der Waals surface area contributed by atoms with Crippen LogP contribution in [0.25, 0.3) is 0 Å². The van der Waals surface area contributed by atoms with Crippen LogP contribution in [0.15, 0.2) is 43.0 Å². The third-order valence-corrected chi connectivity index (χ3v) is 7.76. The molecule has 2 fully saturated rings. The van der Waals surface area contributed by atoms with Gasteiger partial charge in [0.15, 0.2) is 0 Å². The van der Waals surface area contributed by atoms with Crippen LogP contribution >= 0.6 is 0 Å². The van der Waals surface area contributed by atoms with Crippen LogP contribution in [0.2, 0.25) is 0 Å². The van der Waals surface area contributed by atoms with Crippen molar-refractivity contribution in [1.82, 2.24) is 20.9 Å². The second-order valence-corrected chi connectivity index (χ2v) is 12.5. The van der Waals surface area contributed by atoms with E-state index in [9.17, 15) is 24.0 Å². The van der Waals surface area contributed by atoms with Gasteiger partial charge in [-0.15, -0.1) is 0 Å². The third-order valence-electron chi connectivity index (χ3n) is 7.76. The number of amides is 2. The van der Waals surface area contributed by atoms with Gasteiger partial charge in [0, 0.05) is 6.54 Å². The van der Waals surface area contributed by atoms with Crippen LogP contribution in [0.1, 0.15) is 65.9 Å². The summed E-state index contributed by atoms with van der Waals surface area (Å²) in [4.78, 5) is 58.0. The summed E-state index contributed by atoms with van der Waals surface area (Å²) in [7, 11) is 3.76. The Hall–Kier alpha value is -3.17. The molecule has 1 aliphatic carbocycles.